The predicted octanol–water partition coefficient (Wildman–Crippen LogP) is 1.92. The van der Waals surface area contributed by atoms with Gasteiger partial charge in [-0.2, -0.15) is 0 Å². The third-order valence-electron chi connectivity index (χ3n) is 3.57. The lowest BCUT2D eigenvalue weighted by molar-refractivity contribution is -0.124. The zero-order valence-electron chi connectivity index (χ0n) is 11.3. The molecule has 2 rings (SSSR count). The Morgan fingerprint density at radius 2 is 2.11 bits per heavy atom. The van der Waals surface area contributed by atoms with Crippen LogP contribution in [-0.2, 0) is 11.2 Å². The van der Waals surface area contributed by atoms with Crippen LogP contribution in [0, 0.1) is 11.8 Å². The minimum absolute atomic E-state index is 0.0380. The molecule has 1 aliphatic carbocycles. The minimum Gasteiger partial charge on any atom is -0.396 e. The number of aliphatic hydroxyl groups is 1. The van der Waals surface area contributed by atoms with E-state index in [0.29, 0.717) is 0 Å². The topological polar surface area (TPSA) is 49.3 Å². The molecular weight excluding hydrogens is 238 g/mol. The SMILES string of the molecule is CC(Cc1ccccc1)C(=O)N[C@@H]1C=C[C@H](CO)C1. The summed E-state index contributed by atoms with van der Waals surface area (Å²) in [6, 6.07) is 10.1. The first kappa shape index (κ1) is 13.8. The van der Waals surface area contributed by atoms with Crippen molar-refractivity contribution in [2.24, 2.45) is 11.8 Å². The van der Waals surface area contributed by atoms with Gasteiger partial charge in [-0.3, -0.25) is 4.79 Å². The Morgan fingerprint density at radius 1 is 1.37 bits per heavy atom. The van der Waals surface area contributed by atoms with E-state index in [9.17, 15) is 4.79 Å². The quantitative estimate of drug-likeness (QED) is 0.794. The second kappa shape index (κ2) is 6.53. The van der Waals surface area contributed by atoms with Gasteiger partial charge in [0.2, 0.25) is 5.91 Å². The van der Waals surface area contributed by atoms with Gasteiger partial charge >= 0.3 is 0 Å². The molecule has 0 fully saturated rings. The molecule has 1 amide bonds. The average Bonchev–Trinajstić information content (AvgIpc) is 2.87. The van der Waals surface area contributed by atoms with Crippen LogP contribution >= 0.6 is 0 Å². The van der Waals surface area contributed by atoms with Crippen molar-refractivity contribution in [2.75, 3.05) is 6.61 Å². The summed E-state index contributed by atoms with van der Waals surface area (Å²) in [6.07, 6.45) is 5.52. The number of amides is 1. The fourth-order valence-electron chi connectivity index (χ4n) is 2.40. The van der Waals surface area contributed by atoms with E-state index in [1.807, 2.05) is 49.4 Å². The number of aliphatic hydroxyl groups excluding tert-OH is 1. The maximum atomic E-state index is 12.1. The number of benzene rings is 1. The summed E-state index contributed by atoms with van der Waals surface area (Å²) < 4.78 is 0. The maximum absolute atomic E-state index is 12.1. The summed E-state index contributed by atoms with van der Waals surface area (Å²) in [5.41, 5.74) is 1.18. The largest absolute Gasteiger partial charge is 0.396 e. The molecule has 3 atom stereocenters. The molecule has 0 aromatic heterocycles. The smallest absolute Gasteiger partial charge is 0.223 e. The molecule has 1 aliphatic rings. The maximum Gasteiger partial charge on any atom is 0.223 e. The van der Waals surface area contributed by atoms with Gasteiger partial charge in [0.05, 0.1) is 0 Å². The lowest BCUT2D eigenvalue weighted by Crippen LogP contribution is -2.37. The first-order chi connectivity index (χ1) is 9.19. The van der Waals surface area contributed by atoms with Crippen molar-refractivity contribution in [2.45, 2.75) is 25.8 Å². The zero-order chi connectivity index (χ0) is 13.7. The number of hydrogen-bond donors (Lipinski definition) is 2. The fourth-order valence-corrected chi connectivity index (χ4v) is 2.40. The summed E-state index contributed by atoms with van der Waals surface area (Å²) in [6.45, 7) is 2.10. The van der Waals surface area contributed by atoms with Gasteiger partial charge in [0.25, 0.3) is 0 Å². The summed E-state index contributed by atoms with van der Waals surface area (Å²) >= 11 is 0. The van der Waals surface area contributed by atoms with Crippen molar-refractivity contribution < 1.29 is 9.90 Å². The van der Waals surface area contributed by atoms with Crippen LogP contribution in [0.4, 0.5) is 0 Å². The van der Waals surface area contributed by atoms with Crippen LogP contribution in [-0.4, -0.2) is 23.7 Å². The first-order valence-electron chi connectivity index (χ1n) is 6.82. The van der Waals surface area contributed by atoms with Crippen molar-refractivity contribution in [1.29, 1.82) is 0 Å². The Labute approximate surface area is 114 Å². The molecule has 3 nitrogen and oxygen atoms in total. The molecule has 2 N–H and O–H groups in total. The number of carbonyl (C=O) groups excluding carboxylic acids is 1. The van der Waals surface area contributed by atoms with E-state index in [2.05, 4.69) is 5.32 Å². The van der Waals surface area contributed by atoms with Crippen molar-refractivity contribution in [1.82, 2.24) is 5.32 Å². The molecule has 0 saturated heterocycles. The second-order valence-electron chi connectivity index (χ2n) is 5.27. The van der Waals surface area contributed by atoms with Crippen molar-refractivity contribution >= 4 is 5.91 Å². The van der Waals surface area contributed by atoms with Gasteiger partial charge in [0.1, 0.15) is 0 Å². The van der Waals surface area contributed by atoms with E-state index >= 15 is 0 Å². The van der Waals surface area contributed by atoms with Gasteiger partial charge in [0.15, 0.2) is 0 Å². The summed E-state index contributed by atoms with van der Waals surface area (Å²) in [4.78, 5) is 12.1. The van der Waals surface area contributed by atoms with E-state index < -0.39 is 0 Å². The number of rotatable bonds is 5. The van der Waals surface area contributed by atoms with Crippen molar-refractivity contribution in [3.8, 4) is 0 Å². The fraction of sp³-hybridized carbons (Fsp3) is 0.438. The molecular formula is C16H21NO2. The van der Waals surface area contributed by atoms with Gasteiger partial charge in [-0.25, -0.2) is 0 Å². The summed E-state index contributed by atoms with van der Waals surface area (Å²) in [5.74, 6) is 0.232. The summed E-state index contributed by atoms with van der Waals surface area (Å²) in [5, 5.41) is 12.1. The molecule has 19 heavy (non-hydrogen) atoms. The van der Waals surface area contributed by atoms with E-state index in [1.54, 1.807) is 0 Å². The third-order valence-corrected chi connectivity index (χ3v) is 3.57. The lowest BCUT2D eigenvalue weighted by Gasteiger charge is -2.17. The standard InChI is InChI=1S/C16H21NO2/c1-12(9-13-5-3-2-4-6-13)16(19)17-15-8-7-14(10-15)11-18/h2-8,12,14-15,18H,9-11H2,1H3,(H,17,19)/t12?,14-,15+/m0/s1. The Bertz CT molecular complexity index is 441. The van der Waals surface area contributed by atoms with Crippen molar-refractivity contribution in [3.05, 3.63) is 48.0 Å². The van der Waals surface area contributed by atoms with Crippen LogP contribution in [0.1, 0.15) is 18.9 Å². The molecule has 1 aromatic carbocycles. The lowest BCUT2D eigenvalue weighted by atomic mass is 10.00. The summed E-state index contributed by atoms with van der Waals surface area (Å²) in [7, 11) is 0. The first-order valence-corrected chi connectivity index (χ1v) is 6.82. The van der Waals surface area contributed by atoms with E-state index in [0.717, 1.165) is 12.8 Å². The molecule has 0 radical (unpaired) electrons. The average molecular weight is 259 g/mol. The van der Waals surface area contributed by atoms with E-state index in [1.165, 1.54) is 5.56 Å². The van der Waals surface area contributed by atoms with E-state index in [-0.39, 0.29) is 30.4 Å². The van der Waals surface area contributed by atoms with Crippen LogP contribution < -0.4 is 5.32 Å². The molecule has 0 aliphatic heterocycles. The Hall–Kier alpha value is -1.61. The van der Waals surface area contributed by atoms with Crippen molar-refractivity contribution in [3.63, 3.8) is 0 Å². The van der Waals surface area contributed by atoms with Crippen LogP contribution in [0.2, 0.25) is 0 Å². The highest BCUT2D eigenvalue weighted by atomic mass is 16.3. The van der Waals surface area contributed by atoms with Gasteiger partial charge in [0, 0.05) is 24.5 Å². The molecule has 0 spiro atoms. The van der Waals surface area contributed by atoms with E-state index in [4.69, 9.17) is 5.11 Å². The minimum atomic E-state index is -0.0380. The van der Waals surface area contributed by atoms with Gasteiger partial charge in [-0.15, -0.1) is 0 Å². The van der Waals surface area contributed by atoms with Crippen LogP contribution in [0.3, 0.4) is 0 Å². The van der Waals surface area contributed by atoms with Gasteiger partial charge in [-0.05, 0) is 18.4 Å². The van der Waals surface area contributed by atoms with Crippen LogP contribution in [0.15, 0.2) is 42.5 Å². The number of carbonyl (C=O) groups is 1. The molecule has 3 heteroatoms. The molecule has 0 heterocycles. The monoisotopic (exact) mass is 259 g/mol. The normalized spacial score (nSPS) is 23.3. The van der Waals surface area contributed by atoms with Gasteiger partial charge in [-0.1, -0.05) is 49.4 Å². The molecule has 1 unspecified atom stereocenters. The molecule has 0 bridgehead atoms. The number of nitrogens with one attached hydrogen (secondary N) is 1. The second-order valence-corrected chi connectivity index (χ2v) is 5.27. The molecule has 1 aromatic rings. The molecule has 0 saturated carbocycles. The van der Waals surface area contributed by atoms with Gasteiger partial charge < -0.3 is 10.4 Å². The third kappa shape index (κ3) is 3.93. The number of hydrogen-bond acceptors (Lipinski definition) is 2. The molecule has 102 valence electrons. The van der Waals surface area contributed by atoms with Crippen LogP contribution in [0.25, 0.3) is 0 Å². The highest BCUT2D eigenvalue weighted by molar-refractivity contribution is 5.79. The highest BCUT2D eigenvalue weighted by Gasteiger charge is 2.22. The Morgan fingerprint density at radius 3 is 2.74 bits per heavy atom. The van der Waals surface area contributed by atoms with Crippen LogP contribution in [0.5, 0.6) is 0 Å². The zero-order valence-corrected chi connectivity index (χ0v) is 11.3. The predicted molar refractivity (Wildman–Crippen MR) is 75.6 cm³/mol. The Balaban J connectivity index is 1.82. The highest BCUT2D eigenvalue weighted by Crippen LogP contribution is 2.18. The Kier molecular flexibility index (Phi) is 4.74.